The normalized spacial score (nSPS) is 13.8. The highest BCUT2D eigenvalue weighted by Crippen LogP contribution is 2.35. The highest BCUT2D eigenvalue weighted by Gasteiger charge is 2.28. The number of carbonyl (C=O) groups is 2. The molecule has 36 heavy (non-hydrogen) atoms. The molecule has 0 radical (unpaired) electrons. The summed E-state index contributed by atoms with van der Waals surface area (Å²) in [6.45, 7) is 6.60. The van der Waals surface area contributed by atoms with E-state index < -0.39 is 0 Å². The number of methoxy groups -OCH3 is 2. The molecule has 0 spiro atoms. The van der Waals surface area contributed by atoms with E-state index in [0.717, 1.165) is 5.69 Å². The predicted octanol–water partition coefficient (Wildman–Crippen LogP) is 2.62. The Morgan fingerprint density at radius 2 is 1.81 bits per heavy atom. The molecule has 0 bridgehead atoms. The van der Waals surface area contributed by atoms with Crippen LogP contribution in [0.25, 0.3) is 16.9 Å². The van der Waals surface area contributed by atoms with Crippen molar-refractivity contribution < 1.29 is 19.1 Å². The summed E-state index contributed by atoms with van der Waals surface area (Å²) >= 11 is 0. The zero-order valence-electron chi connectivity index (χ0n) is 20.6. The molecule has 9 nitrogen and oxygen atoms in total. The van der Waals surface area contributed by atoms with Gasteiger partial charge in [-0.3, -0.25) is 14.5 Å². The van der Waals surface area contributed by atoms with E-state index in [-0.39, 0.29) is 11.8 Å². The largest absolute Gasteiger partial charge is 0.497 e. The summed E-state index contributed by atoms with van der Waals surface area (Å²) in [5, 5.41) is 7.59. The number of nitrogens with zero attached hydrogens (tertiary/aromatic N) is 4. The Kier molecular flexibility index (Phi) is 8.02. The lowest BCUT2D eigenvalue weighted by atomic mass is 10.1. The topological polar surface area (TPSA) is 88.9 Å². The lowest BCUT2D eigenvalue weighted by Crippen LogP contribution is -2.51. The minimum atomic E-state index is -0.118. The number of piperazine rings is 1. The summed E-state index contributed by atoms with van der Waals surface area (Å²) in [4.78, 5) is 29.6. The maximum absolute atomic E-state index is 13.8. The van der Waals surface area contributed by atoms with Gasteiger partial charge < -0.3 is 19.7 Å². The molecular formula is C27H31N5O4. The number of ether oxygens (including phenoxy) is 2. The van der Waals surface area contributed by atoms with Gasteiger partial charge in [0, 0.05) is 44.5 Å². The van der Waals surface area contributed by atoms with Crippen LogP contribution in [0.3, 0.4) is 0 Å². The monoisotopic (exact) mass is 489 g/mol. The van der Waals surface area contributed by atoms with Crippen molar-refractivity contribution >= 4 is 11.8 Å². The number of aromatic nitrogens is 2. The molecule has 3 aromatic rings. The first-order valence-electron chi connectivity index (χ1n) is 11.8. The number of hydrogen-bond donors (Lipinski definition) is 1. The van der Waals surface area contributed by atoms with Crippen molar-refractivity contribution in [1.29, 1.82) is 0 Å². The highest BCUT2D eigenvalue weighted by molar-refractivity contribution is 6.00. The van der Waals surface area contributed by atoms with Crippen LogP contribution in [0.4, 0.5) is 0 Å². The highest BCUT2D eigenvalue weighted by atomic mass is 16.5. The lowest BCUT2D eigenvalue weighted by molar-refractivity contribution is -0.122. The average Bonchev–Trinajstić information content (AvgIpc) is 3.37. The SMILES string of the molecule is C=CCNC(=O)CN1CCN(C(=O)c2cn(-c3ccccc3)nc2-c2cc(OC)ccc2OC)CC1. The van der Waals surface area contributed by atoms with Gasteiger partial charge in [0.15, 0.2) is 0 Å². The smallest absolute Gasteiger partial charge is 0.257 e. The standard InChI is InChI=1S/C27H31N5O4/c1-4-12-28-25(33)19-30-13-15-31(16-14-30)27(34)23-18-32(20-8-6-5-7-9-20)29-26(23)22-17-21(35-2)10-11-24(22)36-3/h4-11,17-18H,1,12-16,19H2,2-3H3,(H,28,33). The first-order chi connectivity index (χ1) is 17.5. The van der Waals surface area contributed by atoms with Crippen LogP contribution in [0.1, 0.15) is 10.4 Å². The fourth-order valence-corrected chi connectivity index (χ4v) is 4.17. The summed E-state index contributed by atoms with van der Waals surface area (Å²) in [5.41, 5.74) is 2.51. The van der Waals surface area contributed by atoms with Gasteiger partial charge in [-0.2, -0.15) is 5.10 Å². The van der Waals surface area contributed by atoms with E-state index in [0.29, 0.717) is 67.6 Å². The van der Waals surface area contributed by atoms with Crippen molar-refractivity contribution in [3.8, 4) is 28.4 Å². The number of para-hydroxylation sites is 1. The van der Waals surface area contributed by atoms with Gasteiger partial charge in [-0.1, -0.05) is 24.3 Å². The van der Waals surface area contributed by atoms with E-state index >= 15 is 0 Å². The number of rotatable bonds is 9. The van der Waals surface area contributed by atoms with Crippen molar-refractivity contribution in [3.63, 3.8) is 0 Å². The molecule has 4 rings (SSSR count). The molecule has 1 aromatic heterocycles. The summed E-state index contributed by atoms with van der Waals surface area (Å²) in [5.74, 6) is 1.07. The van der Waals surface area contributed by atoms with Gasteiger partial charge in [-0.25, -0.2) is 4.68 Å². The second-order valence-electron chi connectivity index (χ2n) is 8.40. The van der Waals surface area contributed by atoms with E-state index in [1.165, 1.54) is 0 Å². The molecule has 1 N–H and O–H groups in total. The Morgan fingerprint density at radius 3 is 2.47 bits per heavy atom. The third-order valence-corrected chi connectivity index (χ3v) is 6.10. The minimum Gasteiger partial charge on any atom is -0.497 e. The number of benzene rings is 2. The molecule has 0 atom stereocenters. The average molecular weight is 490 g/mol. The maximum atomic E-state index is 13.8. The summed E-state index contributed by atoms with van der Waals surface area (Å²) in [6.07, 6.45) is 3.42. The number of amides is 2. The zero-order chi connectivity index (χ0) is 25.5. The molecule has 2 aromatic carbocycles. The molecule has 9 heteroatoms. The second kappa shape index (κ2) is 11.5. The van der Waals surface area contributed by atoms with Crippen molar-refractivity contribution in [1.82, 2.24) is 24.9 Å². The van der Waals surface area contributed by atoms with Crippen molar-refractivity contribution in [2.45, 2.75) is 0 Å². The number of nitrogens with one attached hydrogen (secondary N) is 1. The van der Waals surface area contributed by atoms with Crippen LogP contribution in [0.5, 0.6) is 11.5 Å². The van der Waals surface area contributed by atoms with Crippen molar-refractivity contribution in [3.05, 3.63) is 72.9 Å². The van der Waals surface area contributed by atoms with Crippen LogP contribution in [0, 0.1) is 0 Å². The van der Waals surface area contributed by atoms with E-state index in [1.807, 2.05) is 47.4 Å². The molecule has 2 heterocycles. The molecule has 1 aliphatic heterocycles. The molecule has 1 aliphatic rings. The maximum Gasteiger partial charge on any atom is 0.257 e. The number of hydrogen-bond acceptors (Lipinski definition) is 6. The van der Waals surface area contributed by atoms with Gasteiger partial charge in [0.1, 0.15) is 17.2 Å². The van der Waals surface area contributed by atoms with Crippen LogP contribution < -0.4 is 14.8 Å². The minimum absolute atomic E-state index is 0.0498. The Hall–Kier alpha value is -4.11. The van der Waals surface area contributed by atoms with E-state index in [2.05, 4.69) is 11.9 Å². The third kappa shape index (κ3) is 5.58. The van der Waals surface area contributed by atoms with Gasteiger partial charge in [0.2, 0.25) is 5.91 Å². The third-order valence-electron chi connectivity index (χ3n) is 6.10. The van der Waals surface area contributed by atoms with E-state index in [1.54, 1.807) is 42.1 Å². The quantitative estimate of drug-likeness (QED) is 0.465. The van der Waals surface area contributed by atoms with Gasteiger partial charge in [0.25, 0.3) is 5.91 Å². The second-order valence-corrected chi connectivity index (χ2v) is 8.40. The first-order valence-corrected chi connectivity index (χ1v) is 11.8. The molecule has 1 saturated heterocycles. The zero-order valence-corrected chi connectivity index (χ0v) is 20.6. The first kappa shape index (κ1) is 25.0. The van der Waals surface area contributed by atoms with E-state index in [9.17, 15) is 9.59 Å². The molecule has 0 aliphatic carbocycles. The van der Waals surface area contributed by atoms with Gasteiger partial charge in [0.05, 0.1) is 32.0 Å². The molecule has 0 saturated carbocycles. The fourth-order valence-electron chi connectivity index (χ4n) is 4.17. The summed E-state index contributed by atoms with van der Waals surface area (Å²) in [6, 6.07) is 15.1. The Bertz CT molecular complexity index is 1220. The van der Waals surface area contributed by atoms with Crippen molar-refractivity contribution in [2.24, 2.45) is 0 Å². The van der Waals surface area contributed by atoms with Gasteiger partial charge in [-0.15, -0.1) is 6.58 Å². The van der Waals surface area contributed by atoms with Crippen LogP contribution in [-0.2, 0) is 4.79 Å². The van der Waals surface area contributed by atoms with Crippen LogP contribution in [0.2, 0.25) is 0 Å². The predicted molar refractivity (Wildman–Crippen MR) is 138 cm³/mol. The molecular weight excluding hydrogens is 458 g/mol. The van der Waals surface area contributed by atoms with Crippen LogP contribution in [0.15, 0.2) is 67.4 Å². The molecule has 2 amide bonds. The van der Waals surface area contributed by atoms with Crippen LogP contribution >= 0.6 is 0 Å². The summed E-state index contributed by atoms with van der Waals surface area (Å²) in [7, 11) is 3.18. The van der Waals surface area contributed by atoms with Crippen molar-refractivity contribution in [2.75, 3.05) is 53.5 Å². The Balaban J connectivity index is 1.62. The summed E-state index contributed by atoms with van der Waals surface area (Å²) < 4.78 is 12.7. The molecule has 0 unspecified atom stereocenters. The molecule has 1 fully saturated rings. The molecule has 188 valence electrons. The Morgan fingerprint density at radius 1 is 1.06 bits per heavy atom. The Labute approximate surface area is 210 Å². The lowest BCUT2D eigenvalue weighted by Gasteiger charge is -2.34. The number of carbonyl (C=O) groups excluding carboxylic acids is 2. The fraction of sp³-hybridized carbons (Fsp3) is 0.296. The van der Waals surface area contributed by atoms with E-state index in [4.69, 9.17) is 14.6 Å². The van der Waals surface area contributed by atoms with Gasteiger partial charge >= 0.3 is 0 Å². The van der Waals surface area contributed by atoms with Gasteiger partial charge in [-0.05, 0) is 30.3 Å². The van der Waals surface area contributed by atoms with Crippen LogP contribution in [-0.4, -0.2) is 84.9 Å².